The van der Waals surface area contributed by atoms with Gasteiger partial charge < -0.3 is 14.2 Å². The van der Waals surface area contributed by atoms with Crippen LogP contribution in [-0.2, 0) is 28.6 Å². The largest absolute Gasteiger partial charge is 0.462 e. The third-order valence-corrected chi connectivity index (χ3v) is 12.3. The van der Waals surface area contributed by atoms with Gasteiger partial charge in [-0.2, -0.15) is 0 Å². The van der Waals surface area contributed by atoms with Crippen molar-refractivity contribution in [2.24, 2.45) is 11.8 Å². The maximum atomic E-state index is 12.8. The normalized spacial score (nSPS) is 12.5. The Morgan fingerprint density at radius 1 is 0.356 bits per heavy atom. The average Bonchev–Trinajstić information content (AvgIpc) is 3.22. The lowest BCUT2D eigenvalue weighted by Gasteiger charge is -2.18. The minimum absolute atomic E-state index is 0.0647. The lowest BCUT2D eigenvalue weighted by Crippen LogP contribution is -2.30. The Labute approximate surface area is 368 Å². The van der Waals surface area contributed by atoms with E-state index in [1.807, 2.05) is 0 Å². The van der Waals surface area contributed by atoms with Gasteiger partial charge in [-0.05, 0) is 31.1 Å². The number of ether oxygens (including phenoxy) is 3. The number of unbranched alkanes of at least 4 members (excludes halogenated alkanes) is 31. The lowest BCUT2D eigenvalue weighted by molar-refractivity contribution is -0.167. The number of rotatable bonds is 47. The first-order chi connectivity index (χ1) is 28.8. The van der Waals surface area contributed by atoms with Crippen molar-refractivity contribution in [3.05, 3.63) is 0 Å². The van der Waals surface area contributed by atoms with Crippen molar-refractivity contribution in [3.8, 4) is 0 Å². The third kappa shape index (κ3) is 45.8. The highest BCUT2D eigenvalue weighted by Crippen LogP contribution is 2.18. The van der Waals surface area contributed by atoms with Crippen molar-refractivity contribution in [2.75, 3.05) is 13.2 Å². The monoisotopic (exact) mass is 835 g/mol. The molecule has 6 nitrogen and oxygen atoms in total. The molecule has 0 aromatic heterocycles. The van der Waals surface area contributed by atoms with Crippen molar-refractivity contribution in [1.29, 1.82) is 0 Å². The first-order valence-electron chi connectivity index (χ1n) is 26.3. The number of carbonyl (C=O) groups is 3. The van der Waals surface area contributed by atoms with E-state index in [1.165, 1.54) is 180 Å². The van der Waals surface area contributed by atoms with Gasteiger partial charge in [0.25, 0.3) is 0 Å². The van der Waals surface area contributed by atoms with E-state index in [1.54, 1.807) is 0 Å². The van der Waals surface area contributed by atoms with Gasteiger partial charge in [0.15, 0.2) is 6.10 Å². The van der Waals surface area contributed by atoms with E-state index in [4.69, 9.17) is 14.2 Å². The van der Waals surface area contributed by atoms with Gasteiger partial charge in [-0.1, -0.05) is 253 Å². The first-order valence-corrected chi connectivity index (χ1v) is 26.3. The highest BCUT2D eigenvalue weighted by atomic mass is 16.6. The van der Waals surface area contributed by atoms with E-state index in [0.717, 1.165) is 69.6 Å². The number of hydrogen-bond donors (Lipinski definition) is 0. The van der Waals surface area contributed by atoms with Crippen molar-refractivity contribution in [2.45, 2.75) is 298 Å². The average molecular weight is 835 g/mol. The Bertz CT molecular complexity index is 902. The number of hydrogen-bond acceptors (Lipinski definition) is 6. The second kappa shape index (κ2) is 45.9. The van der Waals surface area contributed by atoms with Gasteiger partial charge in [0.1, 0.15) is 13.2 Å². The lowest BCUT2D eigenvalue weighted by atomic mass is 9.99. The van der Waals surface area contributed by atoms with Crippen molar-refractivity contribution in [3.63, 3.8) is 0 Å². The first kappa shape index (κ1) is 57.4. The molecule has 0 aliphatic rings. The smallest absolute Gasteiger partial charge is 0.306 e. The second-order valence-electron chi connectivity index (χ2n) is 18.9. The minimum atomic E-state index is -0.761. The quantitative estimate of drug-likeness (QED) is 0.0345. The molecule has 0 amide bonds. The predicted molar refractivity (Wildman–Crippen MR) is 252 cm³/mol. The van der Waals surface area contributed by atoms with E-state index in [2.05, 4.69) is 34.6 Å². The summed E-state index contributed by atoms with van der Waals surface area (Å²) in [6, 6.07) is 0. The third-order valence-electron chi connectivity index (χ3n) is 12.3. The molecule has 2 atom stereocenters. The van der Waals surface area contributed by atoms with Gasteiger partial charge in [-0.25, -0.2) is 0 Å². The molecule has 0 radical (unpaired) electrons. The van der Waals surface area contributed by atoms with Crippen LogP contribution >= 0.6 is 0 Å². The molecule has 0 bridgehead atoms. The Kier molecular flexibility index (Phi) is 44.7. The molecule has 0 fully saturated rings. The Morgan fingerprint density at radius 2 is 0.644 bits per heavy atom. The highest BCUT2D eigenvalue weighted by Gasteiger charge is 2.19. The summed E-state index contributed by atoms with van der Waals surface area (Å²) in [5, 5.41) is 0. The maximum absolute atomic E-state index is 12.8. The van der Waals surface area contributed by atoms with Crippen LogP contribution in [-0.4, -0.2) is 37.2 Å². The van der Waals surface area contributed by atoms with Crippen LogP contribution in [0.2, 0.25) is 0 Å². The molecule has 350 valence electrons. The summed E-state index contributed by atoms with van der Waals surface area (Å²) >= 11 is 0. The van der Waals surface area contributed by atoms with Gasteiger partial charge in [0.2, 0.25) is 0 Å². The summed E-state index contributed by atoms with van der Waals surface area (Å²) in [5.74, 6) is 0.818. The van der Waals surface area contributed by atoms with Crippen molar-refractivity contribution < 1.29 is 28.6 Å². The molecule has 0 aromatic carbocycles. The van der Waals surface area contributed by atoms with Crippen molar-refractivity contribution in [1.82, 2.24) is 0 Å². The molecule has 0 saturated heterocycles. The number of carbonyl (C=O) groups excluding carboxylic acids is 3. The molecular weight excluding hydrogens is 733 g/mol. The minimum Gasteiger partial charge on any atom is -0.462 e. The predicted octanol–water partition coefficient (Wildman–Crippen LogP) is 16.9. The summed E-state index contributed by atoms with van der Waals surface area (Å²) in [7, 11) is 0. The molecule has 0 N–H and O–H groups in total. The standard InChI is InChI=1S/C53H102O6/c1-6-8-9-10-11-12-24-27-33-38-43-51(54)57-46-50(47-58-52(55)44-39-34-30-29-31-36-41-48(3)4)59-53(56)45-40-35-28-25-22-20-18-16-14-13-15-17-19-21-23-26-32-37-42-49(5)7-2/h48-50H,6-47H2,1-5H3/t49?,50-/m1/s1. The van der Waals surface area contributed by atoms with Crippen LogP contribution in [0.1, 0.15) is 291 Å². The van der Waals surface area contributed by atoms with Gasteiger partial charge in [-0.3, -0.25) is 14.4 Å². The summed E-state index contributed by atoms with van der Waals surface area (Å²) < 4.78 is 16.8. The van der Waals surface area contributed by atoms with Gasteiger partial charge in [0.05, 0.1) is 0 Å². The highest BCUT2D eigenvalue weighted by molar-refractivity contribution is 5.71. The zero-order valence-electron chi connectivity index (χ0n) is 40.4. The van der Waals surface area contributed by atoms with E-state index >= 15 is 0 Å². The van der Waals surface area contributed by atoms with Crippen LogP contribution in [0.3, 0.4) is 0 Å². The van der Waals surface area contributed by atoms with Crippen LogP contribution < -0.4 is 0 Å². The fraction of sp³-hybridized carbons (Fsp3) is 0.943. The summed E-state index contributed by atoms with van der Waals surface area (Å²) in [5.41, 5.74) is 0. The molecule has 0 saturated carbocycles. The van der Waals surface area contributed by atoms with Gasteiger partial charge >= 0.3 is 17.9 Å². The van der Waals surface area contributed by atoms with Crippen LogP contribution in [0.5, 0.6) is 0 Å². The molecule has 59 heavy (non-hydrogen) atoms. The molecule has 6 heteroatoms. The van der Waals surface area contributed by atoms with E-state index in [9.17, 15) is 14.4 Å². The molecular formula is C53H102O6. The van der Waals surface area contributed by atoms with Gasteiger partial charge in [0, 0.05) is 19.3 Å². The summed E-state index contributed by atoms with van der Waals surface area (Å²) in [6.07, 6.45) is 46.8. The van der Waals surface area contributed by atoms with Crippen molar-refractivity contribution >= 4 is 17.9 Å². The van der Waals surface area contributed by atoms with Crippen LogP contribution in [0.4, 0.5) is 0 Å². The topological polar surface area (TPSA) is 78.9 Å². The van der Waals surface area contributed by atoms with Crippen LogP contribution in [0.25, 0.3) is 0 Å². The second-order valence-corrected chi connectivity index (χ2v) is 18.9. The maximum Gasteiger partial charge on any atom is 0.306 e. The molecule has 1 unspecified atom stereocenters. The number of esters is 3. The summed E-state index contributed by atoms with van der Waals surface area (Å²) in [4.78, 5) is 37.8. The Balaban J connectivity index is 4.16. The zero-order chi connectivity index (χ0) is 43.3. The Hall–Kier alpha value is -1.59. The molecule has 0 heterocycles. The van der Waals surface area contributed by atoms with E-state index < -0.39 is 6.10 Å². The molecule has 0 aliphatic carbocycles. The summed E-state index contributed by atoms with van der Waals surface area (Å²) in [6.45, 7) is 11.3. The van der Waals surface area contributed by atoms with E-state index in [0.29, 0.717) is 19.3 Å². The molecule has 0 spiro atoms. The fourth-order valence-electron chi connectivity index (χ4n) is 7.96. The zero-order valence-corrected chi connectivity index (χ0v) is 40.4. The van der Waals surface area contributed by atoms with E-state index in [-0.39, 0.29) is 31.1 Å². The fourth-order valence-corrected chi connectivity index (χ4v) is 7.96. The molecule has 0 rings (SSSR count). The molecule has 0 aromatic rings. The molecule has 0 aliphatic heterocycles. The Morgan fingerprint density at radius 3 is 0.966 bits per heavy atom. The van der Waals surface area contributed by atoms with Crippen LogP contribution in [0.15, 0.2) is 0 Å². The van der Waals surface area contributed by atoms with Gasteiger partial charge in [-0.15, -0.1) is 0 Å². The SMILES string of the molecule is CCCCCCCCCCCCC(=O)OC[C@H](COC(=O)CCCCCCCCC(C)C)OC(=O)CCCCCCCCCCCCCCCCCCCCC(C)CC. The van der Waals surface area contributed by atoms with Crippen LogP contribution in [0, 0.1) is 11.8 Å².